The summed E-state index contributed by atoms with van der Waals surface area (Å²) in [5, 5.41) is 13.2. The maximum Gasteiger partial charge on any atom is 0.410 e. The molecule has 1 saturated heterocycles. The second-order valence-corrected chi connectivity index (χ2v) is 7.84. The van der Waals surface area contributed by atoms with Crippen LogP contribution in [0.3, 0.4) is 0 Å². The summed E-state index contributed by atoms with van der Waals surface area (Å²) in [6.45, 7) is 6.83. The highest BCUT2D eigenvalue weighted by Gasteiger charge is 2.32. The Labute approximate surface area is 149 Å². The molecule has 2 aromatic rings. The van der Waals surface area contributed by atoms with Gasteiger partial charge in [0.15, 0.2) is 0 Å². The fourth-order valence-corrected chi connectivity index (χ4v) is 3.52. The molecule has 1 fully saturated rings. The number of piperidine rings is 1. The topological polar surface area (TPSA) is 49.8 Å². The van der Waals surface area contributed by atoms with Gasteiger partial charge in [-0.2, -0.15) is 0 Å². The molecule has 134 valence electrons. The van der Waals surface area contributed by atoms with Crippen molar-refractivity contribution in [3.8, 4) is 0 Å². The van der Waals surface area contributed by atoms with Crippen molar-refractivity contribution < 1.29 is 14.6 Å². The SMILES string of the molecule is CC(C)(C)OC(=O)N1CCCC(C(O)c2cccc3ccccc23)C1. The highest BCUT2D eigenvalue weighted by atomic mass is 16.6. The van der Waals surface area contributed by atoms with Crippen molar-refractivity contribution in [3.63, 3.8) is 0 Å². The Balaban J connectivity index is 1.78. The van der Waals surface area contributed by atoms with E-state index in [0.717, 1.165) is 29.2 Å². The van der Waals surface area contributed by atoms with Crippen molar-refractivity contribution in [1.29, 1.82) is 0 Å². The third-order valence-electron chi connectivity index (χ3n) is 4.70. The molecule has 3 rings (SSSR count). The number of carbonyl (C=O) groups excluding carboxylic acids is 1. The number of hydrogen-bond acceptors (Lipinski definition) is 3. The van der Waals surface area contributed by atoms with Gasteiger partial charge in [0.05, 0.1) is 6.10 Å². The molecule has 1 N–H and O–H groups in total. The first-order valence-corrected chi connectivity index (χ1v) is 8.99. The van der Waals surface area contributed by atoms with E-state index in [1.54, 1.807) is 4.90 Å². The zero-order valence-corrected chi connectivity index (χ0v) is 15.2. The molecule has 0 bridgehead atoms. The van der Waals surface area contributed by atoms with Gasteiger partial charge in [0, 0.05) is 19.0 Å². The van der Waals surface area contributed by atoms with Crippen molar-refractivity contribution >= 4 is 16.9 Å². The third-order valence-corrected chi connectivity index (χ3v) is 4.70. The first-order valence-electron chi connectivity index (χ1n) is 8.99. The van der Waals surface area contributed by atoms with Crippen LogP contribution in [0.1, 0.15) is 45.3 Å². The quantitative estimate of drug-likeness (QED) is 0.874. The van der Waals surface area contributed by atoms with E-state index < -0.39 is 11.7 Å². The van der Waals surface area contributed by atoms with Gasteiger partial charge in [-0.25, -0.2) is 4.79 Å². The van der Waals surface area contributed by atoms with E-state index in [9.17, 15) is 9.90 Å². The molecule has 0 aromatic heterocycles. The van der Waals surface area contributed by atoms with Crippen LogP contribution in [0.15, 0.2) is 42.5 Å². The van der Waals surface area contributed by atoms with Crippen LogP contribution in [0, 0.1) is 5.92 Å². The monoisotopic (exact) mass is 341 g/mol. The maximum atomic E-state index is 12.4. The first-order chi connectivity index (χ1) is 11.8. The molecule has 4 heteroatoms. The highest BCUT2D eigenvalue weighted by Crippen LogP contribution is 2.34. The molecule has 2 atom stereocenters. The lowest BCUT2D eigenvalue weighted by atomic mass is 9.86. The van der Waals surface area contributed by atoms with Gasteiger partial charge in [0.1, 0.15) is 5.60 Å². The number of fused-ring (bicyclic) bond motifs is 1. The van der Waals surface area contributed by atoms with Gasteiger partial charge in [0.25, 0.3) is 0 Å². The summed E-state index contributed by atoms with van der Waals surface area (Å²) < 4.78 is 5.49. The van der Waals surface area contributed by atoms with E-state index in [2.05, 4.69) is 12.1 Å². The molecular formula is C21H27NO3. The fraction of sp³-hybridized carbons (Fsp3) is 0.476. The summed E-state index contributed by atoms with van der Waals surface area (Å²) in [5.74, 6) is 0.0204. The molecule has 4 nitrogen and oxygen atoms in total. The lowest BCUT2D eigenvalue weighted by molar-refractivity contribution is 0.00261. The summed E-state index contributed by atoms with van der Waals surface area (Å²) in [6.07, 6.45) is 0.911. The van der Waals surface area contributed by atoms with E-state index in [1.165, 1.54) is 0 Å². The zero-order chi connectivity index (χ0) is 18.0. The minimum absolute atomic E-state index is 0.0204. The highest BCUT2D eigenvalue weighted by molar-refractivity contribution is 5.86. The number of aliphatic hydroxyl groups excluding tert-OH is 1. The molecule has 1 amide bonds. The van der Waals surface area contributed by atoms with Gasteiger partial charge >= 0.3 is 6.09 Å². The molecule has 1 aliphatic rings. The van der Waals surface area contributed by atoms with E-state index in [4.69, 9.17) is 4.74 Å². The van der Waals surface area contributed by atoms with Gasteiger partial charge in [0.2, 0.25) is 0 Å². The minimum atomic E-state index is -0.587. The van der Waals surface area contributed by atoms with Crippen molar-refractivity contribution in [1.82, 2.24) is 4.90 Å². The number of amides is 1. The van der Waals surface area contributed by atoms with Crippen molar-refractivity contribution in [2.24, 2.45) is 5.92 Å². The number of rotatable bonds is 2. The Kier molecular flexibility index (Phi) is 5.00. The first kappa shape index (κ1) is 17.7. The van der Waals surface area contributed by atoms with Crippen LogP contribution in [0.5, 0.6) is 0 Å². The predicted molar refractivity (Wildman–Crippen MR) is 99.4 cm³/mol. The summed E-state index contributed by atoms with van der Waals surface area (Å²) in [4.78, 5) is 14.1. The Morgan fingerprint density at radius 2 is 1.92 bits per heavy atom. The second-order valence-electron chi connectivity index (χ2n) is 7.84. The summed E-state index contributed by atoms with van der Waals surface area (Å²) >= 11 is 0. The second kappa shape index (κ2) is 7.04. The molecule has 0 spiro atoms. The Hall–Kier alpha value is -2.07. The average Bonchev–Trinajstić information content (AvgIpc) is 2.59. The van der Waals surface area contributed by atoms with Crippen LogP contribution >= 0.6 is 0 Å². The van der Waals surface area contributed by atoms with Crippen LogP contribution in [0.2, 0.25) is 0 Å². The van der Waals surface area contributed by atoms with Crippen LogP contribution in [0.25, 0.3) is 10.8 Å². The molecule has 2 aromatic carbocycles. The average molecular weight is 341 g/mol. The Bertz CT molecular complexity index is 745. The van der Waals surface area contributed by atoms with Crippen LogP contribution in [-0.2, 0) is 4.74 Å². The number of benzene rings is 2. The van der Waals surface area contributed by atoms with Gasteiger partial charge < -0.3 is 14.7 Å². The van der Waals surface area contributed by atoms with E-state index in [0.29, 0.717) is 13.1 Å². The lowest BCUT2D eigenvalue weighted by Gasteiger charge is -2.36. The van der Waals surface area contributed by atoms with E-state index >= 15 is 0 Å². The lowest BCUT2D eigenvalue weighted by Crippen LogP contribution is -2.44. The largest absolute Gasteiger partial charge is 0.444 e. The smallest absolute Gasteiger partial charge is 0.410 e. The normalized spacial score (nSPS) is 19.7. The Morgan fingerprint density at radius 1 is 1.20 bits per heavy atom. The van der Waals surface area contributed by atoms with Gasteiger partial charge in [-0.15, -0.1) is 0 Å². The van der Waals surface area contributed by atoms with Gasteiger partial charge in [-0.1, -0.05) is 42.5 Å². The molecule has 0 aliphatic carbocycles. The molecule has 1 aliphatic heterocycles. The van der Waals surface area contributed by atoms with E-state index in [-0.39, 0.29) is 12.0 Å². The molecule has 0 radical (unpaired) electrons. The molecule has 25 heavy (non-hydrogen) atoms. The van der Waals surface area contributed by atoms with Gasteiger partial charge in [-0.3, -0.25) is 0 Å². The summed E-state index contributed by atoms with van der Waals surface area (Å²) in [5.41, 5.74) is 0.437. The van der Waals surface area contributed by atoms with Crippen molar-refractivity contribution in [2.45, 2.75) is 45.3 Å². The van der Waals surface area contributed by atoms with Crippen molar-refractivity contribution in [2.75, 3.05) is 13.1 Å². The Morgan fingerprint density at radius 3 is 2.68 bits per heavy atom. The van der Waals surface area contributed by atoms with Crippen molar-refractivity contribution in [3.05, 3.63) is 48.0 Å². The number of likely N-dealkylation sites (tertiary alicyclic amines) is 1. The number of ether oxygens (including phenoxy) is 1. The third kappa shape index (κ3) is 4.13. The minimum Gasteiger partial charge on any atom is -0.444 e. The number of aliphatic hydroxyl groups is 1. The van der Waals surface area contributed by atoms with Gasteiger partial charge in [-0.05, 0) is 49.9 Å². The summed E-state index contributed by atoms with van der Waals surface area (Å²) in [6, 6.07) is 14.1. The summed E-state index contributed by atoms with van der Waals surface area (Å²) in [7, 11) is 0. The number of nitrogens with zero attached hydrogens (tertiary/aromatic N) is 1. The molecule has 2 unspecified atom stereocenters. The molecule has 1 heterocycles. The zero-order valence-electron chi connectivity index (χ0n) is 15.2. The number of hydrogen-bond donors (Lipinski definition) is 1. The standard InChI is InChI=1S/C21H27NO3/c1-21(2,3)25-20(24)22-13-7-10-16(14-22)19(23)18-12-6-9-15-8-4-5-11-17(15)18/h4-6,8-9,11-12,16,19,23H,7,10,13-14H2,1-3H3. The van der Waals surface area contributed by atoms with E-state index in [1.807, 2.05) is 51.1 Å². The predicted octanol–water partition coefficient (Wildman–Crippen LogP) is 4.52. The molecular weight excluding hydrogens is 314 g/mol. The van der Waals surface area contributed by atoms with Crippen LogP contribution in [0.4, 0.5) is 4.79 Å². The van der Waals surface area contributed by atoms with Crippen LogP contribution in [-0.4, -0.2) is 34.8 Å². The molecule has 0 saturated carbocycles. The van der Waals surface area contributed by atoms with Crippen LogP contribution < -0.4 is 0 Å². The number of carbonyl (C=O) groups is 1. The fourth-order valence-electron chi connectivity index (χ4n) is 3.52. The maximum absolute atomic E-state index is 12.4.